The van der Waals surface area contributed by atoms with E-state index in [4.69, 9.17) is 16.7 Å². The fraction of sp³-hybridized carbons (Fsp3) is 0. The third-order valence-corrected chi connectivity index (χ3v) is 2.31. The van der Waals surface area contributed by atoms with Crippen molar-refractivity contribution < 1.29 is 0 Å². The van der Waals surface area contributed by atoms with E-state index in [1.54, 1.807) is 36.7 Å². The largest absolute Gasteiger partial charge is 0.399 e. The third-order valence-electron chi connectivity index (χ3n) is 2.31. The first-order chi connectivity index (χ1) is 7.72. The van der Waals surface area contributed by atoms with Crippen LogP contribution in [0.2, 0.25) is 0 Å². The molecule has 2 rings (SSSR count). The van der Waals surface area contributed by atoms with Gasteiger partial charge in [0.25, 0.3) is 0 Å². The summed E-state index contributed by atoms with van der Waals surface area (Å²) >= 11 is 0. The highest BCUT2D eigenvalue weighted by atomic mass is 14.6. The lowest BCUT2D eigenvalue weighted by molar-refractivity contribution is 1.31. The van der Waals surface area contributed by atoms with E-state index >= 15 is 0 Å². The van der Waals surface area contributed by atoms with E-state index in [0.29, 0.717) is 22.5 Å². The molecule has 0 unspecified atom stereocenters. The van der Waals surface area contributed by atoms with Crippen molar-refractivity contribution in [2.24, 2.45) is 0 Å². The van der Waals surface area contributed by atoms with Gasteiger partial charge in [-0.1, -0.05) is 0 Å². The van der Waals surface area contributed by atoms with Crippen LogP contribution in [-0.2, 0) is 0 Å². The highest BCUT2D eigenvalue weighted by Gasteiger charge is 2.08. The molecule has 0 spiro atoms. The van der Waals surface area contributed by atoms with E-state index in [0.717, 1.165) is 5.56 Å². The van der Waals surface area contributed by atoms with Crippen molar-refractivity contribution in [3.8, 4) is 17.2 Å². The molecule has 0 aliphatic carbocycles. The van der Waals surface area contributed by atoms with Crippen LogP contribution in [0.25, 0.3) is 11.1 Å². The van der Waals surface area contributed by atoms with Crippen molar-refractivity contribution in [3.05, 3.63) is 42.2 Å². The van der Waals surface area contributed by atoms with Gasteiger partial charge in [0.2, 0.25) is 0 Å². The molecule has 0 radical (unpaired) electrons. The lowest BCUT2D eigenvalue weighted by Gasteiger charge is -2.07. The predicted molar refractivity (Wildman–Crippen MR) is 63.2 cm³/mol. The van der Waals surface area contributed by atoms with Crippen LogP contribution in [0.15, 0.2) is 36.7 Å². The molecule has 0 aliphatic rings. The van der Waals surface area contributed by atoms with Crippen molar-refractivity contribution in [2.45, 2.75) is 0 Å². The highest BCUT2D eigenvalue weighted by Crippen LogP contribution is 2.29. The van der Waals surface area contributed by atoms with Gasteiger partial charge in [0.15, 0.2) is 0 Å². The lowest BCUT2D eigenvalue weighted by atomic mass is 10.0. The quantitative estimate of drug-likeness (QED) is 0.702. The van der Waals surface area contributed by atoms with Gasteiger partial charge in [-0.25, -0.2) is 0 Å². The molecule has 1 aromatic carbocycles. The van der Waals surface area contributed by atoms with Crippen LogP contribution in [0, 0.1) is 11.3 Å². The smallest absolute Gasteiger partial charge is 0.0999 e. The minimum Gasteiger partial charge on any atom is -0.399 e. The van der Waals surface area contributed by atoms with E-state index in [9.17, 15) is 0 Å². The van der Waals surface area contributed by atoms with Crippen LogP contribution in [0.5, 0.6) is 0 Å². The number of nitrogens with zero attached hydrogens (tertiary/aromatic N) is 2. The van der Waals surface area contributed by atoms with E-state index < -0.39 is 0 Å². The lowest BCUT2D eigenvalue weighted by Crippen LogP contribution is -1.95. The third kappa shape index (κ3) is 1.66. The standard InChI is InChI=1S/C12H10N4/c13-6-8-3-4-16-7-11(8)10-5-9(14)1-2-12(10)15/h1-5,7H,14-15H2. The molecule has 0 atom stereocenters. The Bertz CT molecular complexity index is 569. The van der Waals surface area contributed by atoms with Crippen LogP contribution in [-0.4, -0.2) is 4.98 Å². The minimum atomic E-state index is 0.535. The summed E-state index contributed by atoms with van der Waals surface area (Å²) in [5.74, 6) is 0. The van der Waals surface area contributed by atoms with Gasteiger partial charge in [0.1, 0.15) is 0 Å². The molecule has 4 heteroatoms. The first kappa shape index (κ1) is 9.99. The second-order valence-corrected chi connectivity index (χ2v) is 3.38. The first-order valence-corrected chi connectivity index (χ1v) is 4.72. The zero-order chi connectivity index (χ0) is 11.5. The van der Waals surface area contributed by atoms with Crippen LogP contribution >= 0.6 is 0 Å². The normalized spacial score (nSPS) is 9.69. The zero-order valence-corrected chi connectivity index (χ0v) is 8.51. The molecule has 0 fully saturated rings. The summed E-state index contributed by atoms with van der Waals surface area (Å²) in [4.78, 5) is 3.99. The molecule has 4 N–H and O–H groups in total. The van der Waals surface area contributed by atoms with Crippen molar-refractivity contribution in [1.29, 1.82) is 5.26 Å². The Labute approximate surface area is 93.1 Å². The highest BCUT2D eigenvalue weighted by molar-refractivity contribution is 5.81. The second-order valence-electron chi connectivity index (χ2n) is 3.38. The van der Waals surface area contributed by atoms with Crippen LogP contribution in [0.4, 0.5) is 11.4 Å². The van der Waals surface area contributed by atoms with Gasteiger partial charge < -0.3 is 11.5 Å². The molecule has 2 aromatic rings. The fourth-order valence-corrected chi connectivity index (χ4v) is 1.51. The number of hydrogen-bond acceptors (Lipinski definition) is 4. The average molecular weight is 210 g/mol. The SMILES string of the molecule is N#Cc1ccncc1-c1cc(N)ccc1N. The maximum absolute atomic E-state index is 8.99. The molecular formula is C12H10N4. The predicted octanol–water partition coefficient (Wildman–Crippen LogP) is 1.78. The maximum atomic E-state index is 8.99. The summed E-state index contributed by atoms with van der Waals surface area (Å²) in [7, 11) is 0. The Morgan fingerprint density at radius 1 is 1.12 bits per heavy atom. The monoisotopic (exact) mass is 210 g/mol. The van der Waals surface area contributed by atoms with Crippen molar-refractivity contribution in [2.75, 3.05) is 11.5 Å². The Morgan fingerprint density at radius 3 is 2.69 bits per heavy atom. The molecule has 0 saturated carbocycles. The van der Waals surface area contributed by atoms with E-state index in [1.165, 1.54) is 0 Å². The average Bonchev–Trinajstić information content (AvgIpc) is 2.32. The number of rotatable bonds is 1. The van der Waals surface area contributed by atoms with E-state index in [1.807, 2.05) is 0 Å². The molecule has 1 heterocycles. The number of aromatic nitrogens is 1. The van der Waals surface area contributed by atoms with Gasteiger partial charge in [-0.05, 0) is 24.3 Å². The van der Waals surface area contributed by atoms with E-state index in [2.05, 4.69) is 11.1 Å². The Kier molecular flexibility index (Phi) is 2.44. The summed E-state index contributed by atoms with van der Waals surface area (Å²) < 4.78 is 0. The Balaban J connectivity index is 2.68. The van der Waals surface area contributed by atoms with E-state index in [-0.39, 0.29) is 0 Å². The topological polar surface area (TPSA) is 88.7 Å². The van der Waals surface area contributed by atoms with Gasteiger partial charge >= 0.3 is 0 Å². The Hall–Kier alpha value is -2.54. The maximum Gasteiger partial charge on any atom is 0.0999 e. The summed E-state index contributed by atoms with van der Waals surface area (Å²) in [6.45, 7) is 0. The van der Waals surface area contributed by atoms with Gasteiger partial charge in [0, 0.05) is 34.9 Å². The number of benzene rings is 1. The molecule has 16 heavy (non-hydrogen) atoms. The zero-order valence-electron chi connectivity index (χ0n) is 8.51. The van der Waals surface area contributed by atoms with Crippen molar-refractivity contribution in [3.63, 3.8) is 0 Å². The van der Waals surface area contributed by atoms with Gasteiger partial charge in [-0.3, -0.25) is 4.98 Å². The molecule has 0 saturated heterocycles. The number of nitrogen functional groups attached to an aromatic ring is 2. The number of anilines is 2. The van der Waals surface area contributed by atoms with Crippen molar-refractivity contribution >= 4 is 11.4 Å². The van der Waals surface area contributed by atoms with Crippen LogP contribution in [0.3, 0.4) is 0 Å². The number of nitrogens with two attached hydrogens (primary N) is 2. The first-order valence-electron chi connectivity index (χ1n) is 4.72. The molecule has 4 nitrogen and oxygen atoms in total. The molecule has 1 aromatic heterocycles. The van der Waals surface area contributed by atoms with Crippen LogP contribution < -0.4 is 11.5 Å². The molecular weight excluding hydrogens is 200 g/mol. The van der Waals surface area contributed by atoms with Crippen molar-refractivity contribution in [1.82, 2.24) is 4.98 Å². The number of pyridine rings is 1. The van der Waals surface area contributed by atoms with Crippen LogP contribution in [0.1, 0.15) is 5.56 Å². The summed E-state index contributed by atoms with van der Waals surface area (Å²) in [6, 6.07) is 8.94. The van der Waals surface area contributed by atoms with Gasteiger partial charge in [-0.15, -0.1) is 0 Å². The molecule has 0 amide bonds. The summed E-state index contributed by atoms with van der Waals surface area (Å²) in [5, 5.41) is 8.99. The number of hydrogen-bond donors (Lipinski definition) is 2. The summed E-state index contributed by atoms with van der Waals surface area (Å²) in [5.41, 5.74) is 14.7. The molecule has 78 valence electrons. The minimum absolute atomic E-state index is 0.535. The second kappa shape index (κ2) is 3.91. The van der Waals surface area contributed by atoms with Gasteiger partial charge in [-0.2, -0.15) is 5.26 Å². The fourth-order valence-electron chi connectivity index (χ4n) is 1.51. The molecule has 0 aliphatic heterocycles. The van der Waals surface area contributed by atoms with Gasteiger partial charge in [0.05, 0.1) is 11.6 Å². The number of nitriles is 1. The summed E-state index contributed by atoms with van der Waals surface area (Å²) in [6.07, 6.45) is 3.19. The Morgan fingerprint density at radius 2 is 1.94 bits per heavy atom. The molecule has 0 bridgehead atoms.